The van der Waals surface area contributed by atoms with Crippen molar-refractivity contribution in [2.75, 3.05) is 26.3 Å². The molecule has 1 rings (SSSR count). The van der Waals surface area contributed by atoms with Crippen LogP contribution in [0.2, 0.25) is 0 Å². The highest BCUT2D eigenvalue weighted by Gasteiger charge is 2.15. The van der Waals surface area contributed by atoms with Crippen molar-refractivity contribution in [3.63, 3.8) is 0 Å². The van der Waals surface area contributed by atoms with E-state index in [-0.39, 0.29) is 6.61 Å². The van der Waals surface area contributed by atoms with Gasteiger partial charge in [-0.25, -0.2) is 0 Å². The van der Waals surface area contributed by atoms with E-state index in [9.17, 15) is 5.11 Å². The quantitative estimate of drug-likeness (QED) is 0.520. The van der Waals surface area contributed by atoms with Crippen LogP contribution in [-0.2, 0) is 4.74 Å². The van der Waals surface area contributed by atoms with E-state index in [1.165, 1.54) is 19.3 Å². The summed E-state index contributed by atoms with van der Waals surface area (Å²) in [4.78, 5) is 0. The molecule has 1 aliphatic rings. The molecule has 1 saturated carbocycles. The van der Waals surface area contributed by atoms with Gasteiger partial charge < -0.3 is 20.3 Å². The molecule has 1 fully saturated rings. The van der Waals surface area contributed by atoms with Crippen LogP contribution in [0.25, 0.3) is 0 Å². The summed E-state index contributed by atoms with van der Waals surface area (Å²) in [5.41, 5.74) is 0. The maximum atomic E-state index is 9.76. The minimum absolute atomic E-state index is 0.276. The Labute approximate surface area is 111 Å². The first-order chi connectivity index (χ1) is 8.83. The minimum Gasteiger partial charge on any atom is -0.396 e. The highest BCUT2D eigenvalue weighted by Crippen LogP contribution is 2.20. The maximum Gasteiger partial charge on any atom is 0.0897 e. The second-order valence-corrected chi connectivity index (χ2v) is 5.24. The van der Waals surface area contributed by atoms with E-state index in [1.807, 2.05) is 0 Å². The second kappa shape index (κ2) is 10.7. The first kappa shape index (κ1) is 15.9. The number of aliphatic hydroxyl groups is 2. The van der Waals surface area contributed by atoms with Gasteiger partial charge in [-0.1, -0.05) is 19.3 Å². The number of ether oxygens (including phenoxy) is 1. The van der Waals surface area contributed by atoms with Crippen LogP contribution in [-0.4, -0.2) is 48.7 Å². The summed E-state index contributed by atoms with van der Waals surface area (Å²) in [5.74, 6) is 0. The van der Waals surface area contributed by atoms with Crippen molar-refractivity contribution in [2.45, 2.75) is 63.6 Å². The van der Waals surface area contributed by atoms with Crippen LogP contribution < -0.4 is 5.32 Å². The van der Waals surface area contributed by atoms with Crippen LogP contribution in [0.5, 0.6) is 0 Å². The molecule has 4 heteroatoms. The number of hydrogen-bond acceptors (Lipinski definition) is 4. The summed E-state index contributed by atoms with van der Waals surface area (Å²) >= 11 is 0. The summed E-state index contributed by atoms with van der Waals surface area (Å²) in [6.07, 6.45) is 9.11. The molecular weight excluding hydrogens is 230 g/mol. The van der Waals surface area contributed by atoms with Gasteiger partial charge in [0.05, 0.1) is 18.8 Å². The van der Waals surface area contributed by atoms with Crippen LogP contribution in [0.3, 0.4) is 0 Å². The normalized spacial score (nSPS) is 19.0. The van der Waals surface area contributed by atoms with E-state index in [0.29, 0.717) is 19.3 Å². The van der Waals surface area contributed by atoms with E-state index in [2.05, 4.69) is 5.32 Å². The Kier molecular flexibility index (Phi) is 9.48. The lowest BCUT2D eigenvalue weighted by atomic mass is 9.98. The topological polar surface area (TPSA) is 61.7 Å². The van der Waals surface area contributed by atoms with Gasteiger partial charge in [-0.3, -0.25) is 0 Å². The smallest absolute Gasteiger partial charge is 0.0897 e. The Bertz CT molecular complexity index is 184. The molecule has 0 heterocycles. The van der Waals surface area contributed by atoms with Crippen molar-refractivity contribution >= 4 is 0 Å². The molecule has 0 aromatic heterocycles. The summed E-state index contributed by atoms with van der Waals surface area (Å²) < 4.78 is 5.72. The Morgan fingerprint density at radius 2 is 1.89 bits per heavy atom. The molecule has 1 aliphatic carbocycles. The largest absolute Gasteiger partial charge is 0.396 e. The standard InChI is InChI=1S/C14H29NO3/c16-10-6-2-5-9-15-11-13(17)12-18-14-7-3-1-4-8-14/h13-17H,1-12H2. The van der Waals surface area contributed by atoms with Gasteiger partial charge in [0.1, 0.15) is 0 Å². The third-order valence-electron chi connectivity index (χ3n) is 3.47. The lowest BCUT2D eigenvalue weighted by Crippen LogP contribution is -2.33. The zero-order valence-electron chi connectivity index (χ0n) is 11.4. The first-order valence-electron chi connectivity index (χ1n) is 7.44. The summed E-state index contributed by atoms with van der Waals surface area (Å²) in [5, 5.41) is 21.6. The van der Waals surface area contributed by atoms with E-state index >= 15 is 0 Å². The van der Waals surface area contributed by atoms with Gasteiger partial charge in [0.2, 0.25) is 0 Å². The monoisotopic (exact) mass is 259 g/mol. The van der Waals surface area contributed by atoms with Gasteiger partial charge in [-0.15, -0.1) is 0 Å². The highest BCUT2D eigenvalue weighted by atomic mass is 16.5. The molecule has 0 aromatic rings. The van der Waals surface area contributed by atoms with E-state index in [1.54, 1.807) is 0 Å². The third-order valence-corrected chi connectivity index (χ3v) is 3.47. The van der Waals surface area contributed by atoms with Gasteiger partial charge >= 0.3 is 0 Å². The van der Waals surface area contributed by atoms with E-state index in [0.717, 1.165) is 38.6 Å². The number of unbranched alkanes of at least 4 members (excludes halogenated alkanes) is 2. The van der Waals surface area contributed by atoms with E-state index < -0.39 is 6.10 Å². The summed E-state index contributed by atoms with van der Waals surface area (Å²) in [6.45, 7) is 2.23. The van der Waals surface area contributed by atoms with Crippen LogP contribution in [0.1, 0.15) is 51.4 Å². The van der Waals surface area contributed by atoms with E-state index in [4.69, 9.17) is 9.84 Å². The molecule has 18 heavy (non-hydrogen) atoms. The van der Waals surface area contributed by atoms with Crippen molar-refractivity contribution < 1.29 is 14.9 Å². The van der Waals surface area contributed by atoms with Crippen LogP contribution in [0.4, 0.5) is 0 Å². The summed E-state index contributed by atoms with van der Waals surface area (Å²) in [7, 11) is 0. The minimum atomic E-state index is -0.398. The van der Waals surface area contributed by atoms with Crippen molar-refractivity contribution in [2.24, 2.45) is 0 Å². The number of aliphatic hydroxyl groups excluding tert-OH is 2. The molecule has 0 spiro atoms. The Morgan fingerprint density at radius 1 is 1.11 bits per heavy atom. The molecule has 0 bridgehead atoms. The molecule has 0 aromatic carbocycles. The molecule has 1 unspecified atom stereocenters. The number of nitrogens with one attached hydrogen (secondary N) is 1. The zero-order valence-corrected chi connectivity index (χ0v) is 11.4. The van der Waals surface area contributed by atoms with Gasteiger partial charge in [0.15, 0.2) is 0 Å². The maximum absolute atomic E-state index is 9.76. The Balaban J connectivity index is 1.88. The predicted octanol–water partition coefficient (Wildman–Crippen LogP) is 1.45. The predicted molar refractivity (Wildman–Crippen MR) is 72.6 cm³/mol. The molecule has 108 valence electrons. The molecule has 0 aliphatic heterocycles. The molecule has 4 nitrogen and oxygen atoms in total. The Hall–Kier alpha value is -0.160. The first-order valence-corrected chi connectivity index (χ1v) is 7.44. The fourth-order valence-corrected chi connectivity index (χ4v) is 2.35. The molecule has 0 saturated heterocycles. The van der Waals surface area contributed by atoms with Gasteiger partial charge in [0, 0.05) is 13.2 Å². The molecule has 1 atom stereocenters. The molecular formula is C14H29NO3. The lowest BCUT2D eigenvalue weighted by Gasteiger charge is -2.23. The number of rotatable bonds is 10. The van der Waals surface area contributed by atoms with Gasteiger partial charge in [0.25, 0.3) is 0 Å². The molecule has 0 radical (unpaired) electrons. The Morgan fingerprint density at radius 3 is 2.61 bits per heavy atom. The zero-order chi connectivity index (χ0) is 13.1. The van der Waals surface area contributed by atoms with Crippen LogP contribution >= 0.6 is 0 Å². The number of hydrogen-bond donors (Lipinski definition) is 3. The second-order valence-electron chi connectivity index (χ2n) is 5.24. The van der Waals surface area contributed by atoms with Gasteiger partial charge in [-0.2, -0.15) is 0 Å². The molecule has 3 N–H and O–H groups in total. The van der Waals surface area contributed by atoms with Crippen LogP contribution in [0, 0.1) is 0 Å². The lowest BCUT2D eigenvalue weighted by molar-refractivity contribution is -0.0229. The highest BCUT2D eigenvalue weighted by molar-refractivity contribution is 4.67. The summed E-state index contributed by atoms with van der Waals surface area (Å²) in [6, 6.07) is 0. The van der Waals surface area contributed by atoms with Gasteiger partial charge in [-0.05, 0) is 38.6 Å². The fourth-order valence-electron chi connectivity index (χ4n) is 2.35. The van der Waals surface area contributed by atoms with Crippen LogP contribution in [0.15, 0.2) is 0 Å². The molecule has 0 amide bonds. The third kappa shape index (κ3) is 8.03. The average Bonchev–Trinajstić information content (AvgIpc) is 2.41. The fraction of sp³-hybridized carbons (Fsp3) is 1.00. The van der Waals surface area contributed by atoms with Crippen molar-refractivity contribution in [3.05, 3.63) is 0 Å². The van der Waals surface area contributed by atoms with Crippen molar-refractivity contribution in [1.29, 1.82) is 0 Å². The SMILES string of the molecule is OCCCCCNCC(O)COC1CCCCC1. The van der Waals surface area contributed by atoms with Crippen molar-refractivity contribution in [1.82, 2.24) is 5.32 Å². The average molecular weight is 259 g/mol. The van der Waals surface area contributed by atoms with Crippen molar-refractivity contribution in [3.8, 4) is 0 Å².